The van der Waals surface area contributed by atoms with Crippen LogP contribution in [0.15, 0.2) is 54.7 Å². The van der Waals surface area contributed by atoms with E-state index in [4.69, 9.17) is 0 Å². The first-order valence-electron chi connectivity index (χ1n) is 8.71. The van der Waals surface area contributed by atoms with Gasteiger partial charge in [-0.3, -0.25) is 9.78 Å². The molecule has 0 aliphatic carbocycles. The number of nitrogens with zero attached hydrogens (tertiary/aromatic N) is 2. The van der Waals surface area contributed by atoms with Gasteiger partial charge >= 0.3 is 0 Å². The lowest BCUT2D eigenvalue weighted by molar-refractivity contribution is 0.0696. The van der Waals surface area contributed by atoms with E-state index in [0.29, 0.717) is 13.1 Å². The molecule has 2 heterocycles. The van der Waals surface area contributed by atoms with Crippen molar-refractivity contribution in [1.82, 2.24) is 9.88 Å². The second-order valence-corrected chi connectivity index (χ2v) is 6.64. The van der Waals surface area contributed by atoms with Crippen molar-refractivity contribution in [2.24, 2.45) is 0 Å². The molecule has 0 saturated carbocycles. The Morgan fingerprint density at radius 3 is 2.54 bits per heavy atom. The van der Waals surface area contributed by atoms with E-state index in [-0.39, 0.29) is 5.92 Å². The number of hydrogen-bond donors (Lipinski definition) is 0. The Labute approximate surface area is 150 Å². The molecule has 0 spiro atoms. The number of halogens is 2. The lowest BCUT2D eigenvalue weighted by Crippen LogP contribution is -2.40. The van der Waals surface area contributed by atoms with Crippen LogP contribution in [0.1, 0.15) is 34.8 Å². The highest BCUT2D eigenvalue weighted by atomic mass is 19.1. The Hall–Kier alpha value is -2.82. The van der Waals surface area contributed by atoms with Crippen molar-refractivity contribution in [3.63, 3.8) is 0 Å². The predicted molar refractivity (Wildman–Crippen MR) is 96.0 cm³/mol. The fourth-order valence-electron chi connectivity index (χ4n) is 3.59. The molecule has 1 fully saturated rings. The quantitative estimate of drug-likeness (QED) is 0.679. The average molecular weight is 352 g/mol. The van der Waals surface area contributed by atoms with Crippen LogP contribution in [0.4, 0.5) is 8.78 Å². The molecule has 26 heavy (non-hydrogen) atoms. The number of rotatable bonds is 2. The van der Waals surface area contributed by atoms with E-state index < -0.39 is 23.1 Å². The molecule has 132 valence electrons. The van der Waals surface area contributed by atoms with Crippen molar-refractivity contribution in [3.05, 3.63) is 77.6 Å². The minimum absolute atomic E-state index is 0.0622. The van der Waals surface area contributed by atoms with Crippen LogP contribution in [0.5, 0.6) is 0 Å². The van der Waals surface area contributed by atoms with E-state index in [9.17, 15) is 13.6 Å². The summed E-state index contributed by atoms with van der Waals surface area (Å²) in [7, 11) is 0. The van der Waals surface area contributed by atoms with Crippen molar-refractivity contribution in [3.8, 4) is 0 Å². The zero-order chi connectivity index (χ0) is 18.1. The number of aromatic nitrogens is 1. The van der Waals surface area contributed by atoms with Gasteiger partial charge in [0.25, 0.3) is 5.91 Å². The Kier molecular flexibility index (Phi) is 4.37. The van der Waals surface area contributed by atoms with Gasteiger partial charge in [0.2, 0.25) is 0 Å². The van der Waals surface area contributed by atoms with Gasteiger partial charge in [-0.1, -0.05) is 30.3 Å². The van der Waals surface area contributed by atoms with Gasteiger partial charge in [0.1, 0.15) is 17.2 Å². The van der Waals surface area contributed by atoms with Crippen molar-refractivity contribution in [2.45, 2.75) is 18.8 Å². The first-order chi connectivity index (χ1) is 12.6. The highest BCUT2D eigenvalue weighted by molar-refractivity contribution is 5.95. The molecule has 1 aliphatic rings. The van der Waals surface area contributed by atoms with E-state index >= 15 is 0 Å². The third-order valence-corrected chi connectivity index (χ3v) is 4.96. The second-order valence-electron chi connectivity index (χ2n) is 6.64. The van der Waals surface area contributed by atoms with Gasteiger partial charge in [0.15, 0.2) is 0 Å². The van der Waals surface area contributed by atoms with Crippen LogP contribution in [0, 0.1) is 11.6 Å². The number of carbonyl (C=O) groups is 1. The summed E-state index contributed by atoms with van der Waals surface area (Å²) < 4.78 is 27.9. The van der Waals surface area contributed by atoms with Crippen LogP contribution >= 0.6 is 0 Å². The molecular formula is C21H18F2N2O. The van der Waals surface area contributed by atoms with Crippen molar-refractivity contribution >= 4 is 16.7 Å². The number of benzene rings is 2. The summed E-state index contributed by atoms with van der Waals surface area (Å²) in [5.41, 5.74) is 0.440. The zero-order valence-corrected chi connectivity index (χ0v) is 14.2. The molecule has 4 rings (SSSR count). The molecule has 1 aliphatic heterocycles. The van der Waals surface area contributed by atoms with Crippen LogP contribution in [0.25, 0.3) is 10.8 Å². The van der Waals surface area contributed by atoms with E-state index in [0.717, 1.165) is 41.4 Å². The monoisotopic (exact) mass is 352 g/mol. The molecule has 0 unspecified atom stereocenters. The molecule has 0 bridgehead atoms. The highest BCUT2D eigenvalue weighted by Crippen LogP contribution is 2.29. The third kappa shape index (κ3) is 3.05. The van der Waals surface area contributed by atoms with Gasteiger partial charge in [-0.05, 0) is 36.4 Å². The molecule has 0 N–H and O–H groups in total. The molecule has 3 nitrogen and oxygen atoms in total. The number of pyridine rings is 1. The van der Waals surface area contributed by atoms with E-state index in [2.05, 4.69) is 4.98 Å². The number of amides is 1. The largest absolute Gasteiger partial charge is 0.338 e. The Morgan fingerprint density at radius 1 is 1.04 bits per heavy atom. The van der Waals surface area contributed by atoms with E-state index in [1.807, 2.05) is 36.5 Å². The third-order valence-electron chi connectivity index (χ3n) is 4.96. The Bertz CT molecular complexity index is 953. The van der Waals surface area contributed by atoms with Crippen LogP contribution in [0.3, 0.4) is 0 Å². The van der Waals surface area contributed by atoms with Crippen LogP contribution in [0.2, 0.25) is 0 Å². The van der Waals surface area contributed by atoms with Gasteiger partial charge in [-0.2, -0.15) is 0 Å². The van der Waals surface area contributed by atoms with Crippen molar-refractivity contribution in [2.75, 3.05) is 13.1 Å². The summed E-state index contributed by atoms with van der Waals surface area (Å²) in [5, 5.41) is 2.16. The molecule has 1 aromatic heterocycles. The maximum absolute atomic E-state index is 14.0. The lowest BCUT2D eigenvalue weighted by Gasteiger charge is -2.32. The zero-order valence-electron chi connectivity index (χ0n) is 14.2. The predicted octanol–water partition coefficient (Wildman–Crippen LogP) is 4.53. The molecular weight excluding hydrogens is 334 g/mol. The number of hydrogen-bond acceptors (Lipinski definition) is 2. The van der Waals surface area contributed by atoms with Gasteiger partial charge in [-0.15, -0.1) is 0 Å². The maximum atomic E-state index is 14.0. The fourth-order valence-corrected chi connectivity index (χ4v) is 3.59. The number of piperidine rings is 1. The van der Waals surface area contributed by atoms with Gasteiger partial charge in [0, 0.05) is 36.3 Å². The Morgan fingerprint density at radius 2 is 1.77 bits per heavy atom. The lowest BCUT2D eigenvalue weighted by atomic mass is 9.93. The molecule has 1 amide bonds. The smallest absolute Gasteiger partial charge is 0.259 e. The van der Waals surface area contributed by atoms with Gasteiger partial charge in [-0.25, -0.2) is 8.78 Å². The van der Waals surface area contributed by atoms with Crippen LogP contribution in [-0.2, 0) is 0 Å². The number of fused-ring (bicyclic) bond motifs is 1. The maximum Gasteiger partial charge on any atom is 0.259 e. The average Bonchev–Trinajstić information content (AvgIpc) is 2.67. The Balaban J connectivity index is 1.59. The standard InChI is InChI=1S/C21H18F2N2O/c22-17-8-3-9-18(23)20(17)21(26)25-10-4-7-16(13-25)19-11-14-5-1-2-6-15(14)12-24-19/h1-3,5-6,8-9,11-12,16H,4,7,10,13H2/t16-/m1/s1. The summed E-state index contributed by atoms with van der Waals surface area (Å²) >= 11 is 0. The molecule has 3 aromatic rings. The second kappa shape index (κ2) is 6.83. The first-order valence-corrected chi connectivity index (χ1v) is 8.71. The summed E-state index contributed by atoms with van der Waals surface area (Å²) in [6.45, 7) is 0.911. The van der Waals surface area contributed by atoms with Crippen LogP contribution < -0.4 is 0 Å². The molecule has 1 saturated heterocycles. The summed E-state index contributed by atoms with van der Waals surface area (Å²) in [5.74, 6) is -2.17. The van der Waals surface area contributed by atoms with Crippen molar-refractivity contribution in [1.29, 1.82) is 0 Å². The van der Waals surface area contributed by atoms with Gasteiger partial charge in [0.05, 0.1) is 0 Å². The minimum atomic E-state index is -0.819. The van der Waals surface area contributed by atoms with Crippen molar-refractivity contribution < 1.29 is 13.6 Å². The SMILES string of the molecule is O=C(c1c(F)cccc1F)N1CCC[C@@H](c2cc3ccccc3cn2)C1. The topological polar surface area (TPSA) is 33.2 Å². The van der Waals surface area contributed by atoms with E-state index in [1.165, 1.54) is 11.0 Å². The fraction of sp³-hybridized carbons (Fsp3) is 0.238. The highest BCUT2D eigenvalue weighted by Gasteiger charge is 2.29. The minimum Gasteiger partial charge on any atom is -0.338 e. The molecule has 0 radical (unpaired) electrons. The van der Waals surface area contributed by atoms with E-state index in [1.54, 1.807) is 0 Å². The van der Waals surface area contributed by atoms with Crippen LogP contribution in [-0.4, -0.2) is 28.9 Å². The summed E-state index contributed by atoms with van der Waals surface area (Å²) in [4.78, 5) is 18.7. The number of carbonyl (C=O) groups excluding carboxylic acids is 1. The number of likely N-dealkylation sites (tertiary alicyclic amines) is 1. The molecule has 1 atom stereocenters. The normalized spacial score (nSPS) is 17.5. The molecule has 5 heteroatoms. The van der Waals surface area contributed by atoms with Gasteiger partial charge < -0.3 is 4.90 Å². The molecule has 2 aromatic carbocycles. The first kappa shape index (κ1) is 16.6. The summed E-state index contributed by atoms with van der Waals surface area (Å²) in [6.07, 6.45) is 3.51. The summed E-state index contributed by atoms with van der Waals surface area (Å²) in [6, 6.07) is 13.5.